The highest BCUT2D eigenvalue weighted by Gasteiger charge is 1.97. The lowest BCUT2D eigenvalue weighted by Crippen LogP contribution is -2.27. The Labute approximate surface area is 63.0 Å². The van der Waals surface area contributed by atoms with Crippen molar-refractivity contribution in [1.29, 1.82) is 0 Å². The Kier molecular flexibility index (Phi) is 6.93. The van der Waals surface area contributed by atoms with E-state index in [1.54, 1.807) is 0 Å². The van der Waals surface area contributed by atoms with E-state index in [1.165, 1.54) is 12.8 Å². The molecule has 1 N–H and O–H groups in total. The molecule has 2 heteroatoms. The first kappa shape index (κ1) is 9.89. The molecule has 0 aliphatic carbocycles. The lowest BCUT2D eigenvalue weighted by molar-refractivity contribution is 0.424. The van der Waals surface area contributed by atoms with Crippen LogP contribution in [0.15, 0.2) is 0 Å². The molecule has 0 fully saturated rings. The first-order valence-corrected chi connectivity index (χ1v) is 4.10. The predicted molar refractivity (Wildman–Crippen MR) is 43.0 cm³/mol. The van der Waals surface area contributed by atoms with Gasteiger partial charge in [-0.05, 0) is 13.3 Å². The van der Waals surface area contributed by atoms with Crippen LogP contribution in [0.4, 0.5) is 4.39 Å². The normalized spacial score (nSPS) is 13.5. The second-order valence-electron chi connectivity index (χ2n) is 2.69. The smallest absolute Gasteiger partial charge is 0.102 e. The maximum absolute atomic E-state index is 11.6. The summed E-state index contributed by atoms with van der Waals surface area (Å²) in [7, 11) is 0. The van der Waals surface area contributed by atoms with E-state index in [-0.39, 0.29) is 6.67 Å². The van der Waals surface area contributed by atoms with Crippen LogP contribution in [-0.4, -0.2) is 19.3 Å². The summed E-state index contributed by atoms with van der Waals surface area (Å²) >= 11 is 0. The van der Waals surface area contributed by atoms with E-state index < -0.39 is 0 Å². The molecule has 1 atom stereocenters. The number of halogens is 1. The first-order chi connectivity index (χ1) is 4.81. The van der Waals surface area contributed by atoms with Crippen LogP contribution in [0.1, 0.15) is 33.1 Å². The largest absolute Gasteiger partial charge is 0.312 e. The van der Waals surface area contributed by atoms with Crippen LogP contribution < -0.4 is 5.32 Å². The molecule has 0 aromatic rings. The van der Waals surface area contributed by atoms with Gasteiger partial charge in [0, 0.05) is 12.6 Å². The average molecular weight is 147 g/mol. The van der Waals surface area contributed by atoms with Crippen molar-refractivity contribution in [2.24, 2.45) is 0 Å². The van der Waals surface area contributed by atoms with Gasteiger partial charge in [-0.2, -0.15) is 0 Å². The summed E-state index contributed by atoms with van der Waals surface area (Å²) in [5, 5.41) is 3.09. The van der Waals surface area contributed by atoms with Gasteiger partial charge in [0.05, 0.1) is 0 Å². The maximum atomic E-state index is 11.6. The number of nitrogens with one attached hydrogen (secondary N) is 1. The fraction of sp³-hybridized carbons (Fsp3) is 1.00. The molecule has 0 spiro atoms. The SMILES string of the molecule is CCCCC(C)NCCF. The summed E-state index contributed by atoms with van der Waals surface area (Å²) in [5.74, 6) is 0. The van der Waals surface area contributed by atoms with E-state index >= 15 is 0 Å². The summed E-state index contributed by atoms with van der Waals surface area (Å²) < 4.78 is 11.6. The van der Waals surface area contributed by atoms with Gasteiger partial charge in [-0.1, -0.05) is 19.8 Å². The first-order valence-electron chi connectivity index (χ1n) is 4.10. The summed E-state index contributed by atoms with van der Waals surface area (Å²) in [6.45, 7) is 4.52. The van der Waals surface area contributed by atoms with Crippen molar-refractivity contribution >= 4 is 0 Å². The molecular formula is C8H18FN. The molecule has 0 aliphatic rings. The van der Waals surface area contributed by atoms with Gasteiger partial charge in [-0.25, -0.2) is 4.39 Å². The molecule has 0 aromatic heterocycles. The molecule has 0 radical (unpaired) electrons. The van der Waals surface area contributed by atoms with Gasteiger partial charge in [-0.3, -0.25) is 0 Å². The van der Waals surface area contributed by atoms with Gasteiger partial charge in [0.25, 0.3) is 0 Å². The number of hydrogen-bond acceptors (Lipinski definition) is 1. The van der Waals surface area contributed by atoms with Gasteiger partial charge >= 0.3 is 0 Å². The van der Waals surface area contributed by atoms with Crippen LogP contribution >= 0.6 is 0 Å². The van der Waals surface area contributed by atoms with Gasteiger partial charge in [0.15, 0.2) is 0 Å². The van der Waals surface area contributed by atoms with E-state index in [0.29, 0.717) is 12.6 Å². The lowest BCUT2D eigenvalue weighted by atomic mass is 10.1. The topological polar surface area (TPSA) is 12.0 Å². The van der Waals surface area contributed by atoms with Crippen molar-refractivity contribution < 1.29 is 4.39 Å². The molecule has 0 saturated carbocycles. The fourth-order valence-corrected chi connectivity index (χ4v) is 0.913. The third-order valence-electron chi connectivity index (χ3n) is 1.58. The zero-order valence-corrected chi connectivity index (χ0v) is 6.99. The second-order valence-corrected chi connectivity index (χ2v) is 2.69. The molecule has 1 unspecified atom stereocenters. The Morgan fingerprint density at radius 1 is 1.50 bits per heavy atom. The average Bonchev–Trinajstić information content (AvgIpc) is 1.97. The Morgan fingerprint density at radius 2 is 2.20 bits per heavy atom. The standard InChI is InChI=1S/C8H18FN/c1-3-4-5-8(2)10-7-6-9/h8,10H,3-7H2,1-2H3. The number of unbranched alkanes of at least 4 members (excludes halogenated alkanes) is 1. The molecule has 0 rings (SSSR count). The molecule has 0 aliphatic heterocycles. The third-order valence-corrected chi connectivity index (χ3v) is 1.58. The van der Waals surface area contributed by atoms with Crippen LogP contribution in [0, 0.1) is 0 Å². The van der Waals surface area contributed by atoms with Crippen LogP contribution in [0.5, 0.6) is 0 Å². The number of hydrogen-bond donors (Lipinski definition) is 1. The van der Waals surface area contributed by atoms with Crippen LogP contribution in [0.2, 0.25) is 0 Å². The monoisotopic (exact) mass is 147 g/mol. The van der Waals surface area contributed by atoms with E-state index in [0.717, 1.165) is 6.42 Å². The van der Waals surface area contributed by atoms with Crippen molar-refractivity contribution in [2.75, 3.05) is 13.2 Å². The molecule has 0 amide bonds. The van der Waals surface area contributed by atoms with Crippen LogP contribution in [-0.2, 0) is 0 Å². The highest BCUT2D eigenvalue weighted by atomic mass is 19.1. The van der Waals surface area contributed by atoms with Gasteiger partial charge in [-0.15, -0.1) is 0 Å². The fourth-order valence-electron chi connectivity index (χ4n) is 0.913. The quantitative estimate of drug-likeness (QED) is 0.607. The number of rotatable bonds is 6. The summed E-state index contributed by atoms with van der Waals surface area (Å²) in [6.07, 6.45) is 3.62. The zero-order valence-electron chi connectivity index (χ0n) is 6.99. The van der Waals surface area contributed by atoms with Crippen molar-refractivity contribution in [1.82, 2.24) is 5.32 Å². The van der Waals surface area contributed by atoms with E-state index in [4.69, 9.17) is 0 Å². The predicted octanol–water partition coefficient (Wildman–Crippen LogP) is 2.12. The Balaban J connectivity index is 3.00. The van der Waals surface area contributed by atoms with Gasteiger partial charge in [0.1, 0.15) is 6.67 Å². The number of alkyl halides is 1. The summed E-state index contributed by atoms with van der Waals surface area (Å²) in [4.78, 5) is 0. The maximum Gasteiger partial charge on any atom is 0.102 e. The molecule has 0 bridgehead atoms. The summed E-state index contributed by atoms with van der Waals surface area (Å²) in [5.41, 5.74) is 0. The van der Waals surface area contributed by atoms with E-state index in [9.17, 15) is 4.39 Å². The molecule has 0 aromatic carbocycles. The molecule has 0 heterocycles. The molecule has 10 heavy (non-hydrogen) atoms. The minimum absolute atomic E-state index is 0.254. The lowest BCUT2D eigenvalue weighted by Gasteiger charge is -2.10. The van der Waals surface area contributed by atoms with Crippen molar-refractivity contribution in [3.05, 3.63) is 0 Å². The second kappa shape index (κ2) is 7.00. The van der Waals surface area contributed by atoms with Crippen molar-refractivity contribution in [2.45, 2.75) is 39.2 Å². The molecule has 1 nitrogen and oxygen atoms in total. The van der Waals surface area contributed by atoms with Crippen LogP contribution in [0.3, 0.4) is 0 Å². The van der Waals surface area contributed by atoms with E-state index in [2.05, 4.69) is 19.2 Å². The minimum Gasteiger partial charge on any atom is -0.312 e. The molecular weight excluding hydrogens is 129 g/mol. The highest BCUT2D eigenvalue weighted by molar-refractivity contribution is 4.58. The summed E-state index contributed by atoms with van der Waals surface area (Å²) in [6, 6.07) is 0.482. The third kappa shape index (κ3) is 6.02. The Hall–Kier alpha value is -0.110. The minimum atomic E-state index is -0.254. The highest BCUT2D eigenvalue weighted by Crippen LogP contribution is 1.98. The Bertz CT molecular complexity index is 58.3. The van der Waals surface area contributed by atoms with Gasteiger partial charge in [0.2, 0.25) is 0 Å². The Morgan fingerprint density at radius 3 is 2.70 bits per heavy atom. The zero-order chi connectivity index (χ0) is 7.82. The van der Waals surface area contributed by atoms with Gasteiger partial charge < -0.3 is 5.32 Å². The molecule has 0 saturated heterocycles. The van der Waals surface area contributed by atoms with Crippen molar-refractivity contribution in [3.8, 4) is 0 Å². The van der Waals surface area contributed by atoms with Crippen molar-refractivity contribution in [3.63, 3.8) is 0 Å². The molecule has 62 valence electrons. The van der Waals surface area contributed by atoms with Crippen LogP contribution in [0.25, 0.3) is 0 Å². The van der Waals surface area contributed by atoms with E-state index in [1.807, 2.05) is 0 Å².